The molecule has 0 spiro atoms. The Bertz CT molecular complexity index is 374. The Balaban J connectivity index is 3.03. The van der Waals surface area contributed by atoms with Crippen molar-refractivity contribution in [2.75, 3.05) is 32.1 Å². The fraction of sp³-hybridized carbons (Fsp3) is 0.600. The largest absolute Gasteiger partial charge is 0.368 e. The number of hydrogen-bond acceptors (Lipinski definition) is 3. The average Bonchev–Trinajstić information content (AvgIpc) is 2.29. The fourth-order valence-electron chi connectivity index (χ4n) is 2.46. The van der Waals surface area contributed by atoms with Crippen LogP contribution in [0.4, 0.5) is 5.69 Å². The third-order valence-electron chi connectivity index (χ3n) is 3.27. The molecule has 0 radical (unpaired) electrons. The summed E-state index contributed by atoms with van der Waals surface area (Å²) in [5, 5.41) is 0. The average molecular weight is 249 g/mol. The van der Waals surface area contributed by atoms with Crippen molar-refractivity contribution in [1.29, 1.82) is 0 Å². The van der Waals surface area contributed by atoms with Crippen molar-refractivity contribution in [2.24, 2.45) is 5.73 Å². The van der Waals surface area contributed by atoms with Gasteiger partial charge in [-0.2, -0.15) is 0 Å². The molecule has 1 unspecified atom stereocenters. The maximum atomic E-state index is 5.86. The molecule has 0 aromatic heterocycles. The van der Waals surface area contributed by atoms with Crippen LogP contribution in [0.3, 0.4) is 0 Å². The first-order chi connectivity index (χ1) is 8.49. The predicted octanol–water partition coefficient (Wildman–Crippen LogP) is 2.23. The van der Waals surface area contributed by atoms with E-state index in [2.05, 4.69) is 62.9 Å². The molecule has 0 saturated carbocycles. The fourth-order valence-corrected chi connectivity index (χ4v) is 2.46. The van der Waals surface area contributed by atoms with Gasteiger partial charge in [0.1, 0.15) is 0 Å². The van der Waals surface area contributed by atoms with Gasteiger partial charge in [-0.05, 0) is 52.1 Å². The molecule has 18 heavy (non-hydrogen) atoms. The lowest BCUT2D eigenvalue weighted by Gasteiger charge is -2.33. The number of hydrogen-bond donors (Lipinski definition) is 1. The second-order valence-electron chi connectivity index (χ2n) is 5.23. The summed E-state index contributed by atoms with van der Waals surface area (Å²) in [6.45, 7) is 9.26. The molecule has 0 aliphatic rings. The quantitative estimate of drug-likeness (QED) is 0.839. The van der Waals surface area contributed by atoms with Gasteiger partial charge in [0.25, 0.3) is 0 Å². The molecular formula is C15H27N3. The van der Waals surface area contributed by atoms with Gasteiger partial charge in [0, 0.05) is 31.4 Å². The molecule has 0 fully saturated rings. The van der Waals surface area contributed by atoms with Gasteiger partial charge in [0.15, 0.2) is 0 Å². The molecule has 102 valence electrons. The predicted molar refractivity (Wildman–Crippen MR) is 80.1 cm³/mol. The van der Waals surface area contributed by atoms with Crippen LogP contribution < -0.4 is 10.6 Å². The number of nitrogens with two attached hydrogens (primary N) is 1. The van der Waals surface area contributed by atoms with E-state index in [1.165, 1.54) is 16.8 Å². The standard InChI is InChI=1S/C15H27N3/c1-6-18(13(3)11-17(4)5)15-9-12(2)7-8-14(15)10-16/h7-9,13H,6,10-11,16H2,1-5H3. The van der Waals surface area contributed by atoms with Crippen molar-refractivity contribution < 1.29 is 0 Å². The Hall–Kier alpha value is -1.06. The number of nitrogens with zero attached hydrogens (tertiary/aromatic N) is 2. The van der Waals surface area contributed by atoms with E-state index in [1.807, 2.05) is 0 Å². The molecule has 0 heterocycles. The molecule has 1 atom stereocenters. The van der Waals surface area contributed by atoms with Crippen molar-refractivity contribution >= 4 is 5.69 Å². The van der Waals surface area contributed by atoms with Crippen LogP contribution in [0.1, 0.15) is 25.0 Å². The van der Waals surface area contributed by atoms with Crippen LogP contribution in [0.25, 0.3) is 0 Å². The van der Waals surface area contributed by atoms with Crippen LogP contribution in [-0.4, -0.2) is 38.1 Å². The lowest BCUT2D eigenvalue weighted by Crippen LogP contribution is -2.40. The molecule has 0 amide bonds. The number of rotatable bonds is 6. The summed E-state index contributed by atoms with van der Waals surface area (Å²) < 4.78 is 0. The summed E-state index contributed by atoms with van der Waals surface area (Å²) in [6.07, 6.45) is 0. The number of anilines is 1. The van der Waals surface area contributed by atoms with E-state index in [9.17, 15) is 0 Å². The van der Waals surface area contributed by atoms with Crippen LogP contribution in [0.2, 0.25) is 0 Å². The first-order valence-electron chi connectivity index (χ1n) is 6.70. The minimum Gasteiger partial charge on any atom is -0.368 e. The van der Waals surface area contributed by atoms with Crippen LogP contribution in [-0.2, 0) is 6.54 Å². The first kappa shape index (κ1) is 15.0. The van der Waals surface area contributed by atoms with Gasteiger partial charge in [-0.25, -0.2) is 0 Å². The third kappa shape index (κ3) is 3.72. The highest BCUT2D eigenvalue weighted by molar-refractivity contribution is 5.56. The van der Waals surface area contributed by atoms with E-state index in [0.717, 1.165) is 13.1 Å². The highest BCUT2D eigenvalue weighted by Gasteiger charge is 2.16. The minimum atomic E-state index is 0.483. The molecule has 0 bridgehead atoms. The second kappa shape index (κ2) is 6.76. The highest BCUT2D eigenvalue weighted by Crippen LogP contribution is 2.24. The van der Waals surface area contributed by atoms with Crippen molar-refractivity contribution in [2.45, 2.75) is 33.4 Å². The third-order valence-corrected chi connectivity index (χ3v) is 3.27. The van der Waals surface area contributed by atoms with Crippen LogP contribution in [0.5, 0.6) is 0 Å². The van der Waals surface area contributed by atoms with Gasteiger partial charge < -0.3 is 15.5 Å². The summed E-state index contributed by atoms with van der Waals surface area (Å²) in [6, 6.07) is 7.01. The number of aryl methyl sites for hydroxylation is 1. The molecule has 3 heteroatoms. The monoisotopic (exact) mass is 249 g/mol. The number of benzene rings is 1. The minimum absolute atomic E-state index is 0.483. The van der Waals surface area contributed by atoms with Crippen molar-refractivity contribution in [3.05, 3.63) is 29.3 Å². The maximum absolute atomic E-state index is 5.86. The Morgan fingerprint density at radius 2 is 1.94 bits per heavy atom. The summed E-state index contributed by atoms with van der Waals surface area (Å²) >= 11 is 0. The van der Waals surface area contributed by atoms with Gasteiger partial charge in [0.05, 0.1) is 0 Å². The SMILES string of the molecule is CCN(c1cc(C)ccc1CN)C(C)CN(C)C. The van der Waals surface area contributed by atoms with Crippen LogP contribution in [0, 0.1) is 6.92 Å². The van der Waals surface area contributed by atoms with E-state index >= 15 is 0 Å². The molecule has 2 N–H and O–H groups in total. The van der Waals surface area contributed by atoms with Crippen molar-refractivity contribution in [3.8, 4) is 0 Å². The van der Waals surface area contributed by atoms with Gasteiger partial charge in [-0.1, -0.05) is 12.1 Å². The lowest BCUT2D eigenvalue weighted by atomic mass is 10.1. The van der Waals surface area contributed by atoms with Gasteiger partial charge in [0.2, 0.25) is 0 Å². The lowest BCUT2D eigenvalue weighted by molar-refractivity contribution is 0.372. The van der Waals surface area contributed by atoms with Crippen molar-refractivity contribution in [1.82, 2.24) is 4.90 Å². The molecule has 0 saturated heterocycles. The number of likely N-dealkylation sites (N-methyl/N-ethyl adjacent to an activating group) is 2. The Morgan fingerprint density at radius 3 is 2.44 bits per heavy atom. The summed E-state index contributed by atoms with van der Waals surface area (Å²) in [5.74, 6) is 0. The molecular weight excluding hydrogens is 222 g/mol. The normalized spacial score (nSPS) is 12.8. The van der Waals surface area contributed by atoms with E-state index < -0.39 is 0 Å². The van der Waals surface area contributed by atoms with Gasteiger partial charge in [-0.15, -0.1) is 0 Å². The first-order valence-corrected chi connectivity index (χ1v) is 6.70. The summed E-state index contributed by atoms with van der Waals surface area (Å²) in [7, 11) is 4.23. The van der Waals surface area contributed by atoms with Gasteiger partial charge in [-0.3, -0.25) is 0 Å². The topological polar surface area (TPSA) is 32.5 Å². The van der Waals surface area contributed by atoms with E-state index in [0.29, 0.717) is 12.6 Å². The molecule has 0 aliphatic carbocycles. The van der Waals surface area contributed by atoms with E-state index in [4.69, 9.17) is 5.73 Å². The van der Waals surface area contributed by atoms with Gasteiger partial charge >= 0.3 is 0 Å². The summed E-state index contributed by atoms with van der Waals surface area (Å²) in [4.78, 5) is 4.67. The molecule has 0 aliphatic heterocycles. The molecule has 1 aromatic carbocycles. The zero-order chi connectivity index (χ0) is 13.7. The Kier molecular flexibility index (Phi) is 5.63. The summed E-state index contributed by atoms with van der Waals surface area (Å²) in [5.41, 5.74) is 9.66. The second-order valence-corrected chi connectivity index (χ2v) is 5.23. The van der Waals surface area contributed by atoms with Crippen LogP contribution >= 0.6 is 0 Å². The maximum Gasteiger partial charge on any atom is 0.0417 e. The van der Waals surface area contributed by atoms with Crippen molar-refractivity contribution in [3.63, 3.8) is 0 Å². The molecule has 1 aromatic rings. The van der Waals surface area contributed by atoms with E-state index in [-0.39, 0.29) is 0 Å². The molecule has 1 rings (SSSR count). The Morgan fingerprint density at radius 1 is 1.28 bits per heavy atom. The smallest absolute Gasteiger partial charge is 0.0417 e. The van der Waals surface area contributed by atoms with Crippen LogP contribution in [0.15, 0.2) is 18.2 Å². The van der Waals surface area contributed by atoms with E-state index in [1.54, 1.807) is 0 Å². The Labute approximate surface area is 112 Å². The zero-order valence-electron chi connectivity index (χ0n) is 12.4. The zero-order valence-corrected chi connectivity index (χ0v) is 12.4. The molecule has 3 nitrogen and oxygen atoms in total. The highest BCUT2D eigenvalue weighted by atomic mass is 15.2.